The highest BCUT2D eigenvalue weighted by Crippen LogP contribution is 2.33. The van der Waals surface area contributed by atoms with Crippen molar-refractivity contribution in [2.24, 2.45) is 16.5 Å². The first-order valence-electron chi connectivity index (χ1n) is 5.06. The Morgan fingerprint density at radius 3 is 2.76 bits per heavy atom. The second-order valence-corrected chi connectivity index (χ2v) is 4.64. The molecule has 0 atom stereocenters. The van der Waals surface area contributed by atoms with Crippen molar-refractivity contribution in [3.05, 3.63) is 29.6 Å². The molecule has 0 fully saturated rings. The molecule has 0 aliphatic carbocycles. The summed E-state index contributed by atoms with van der Waals surface area (Å²) in [5.74, 6) is 0.0162. The summed E-state index contributed by atoms with van der Waals surface area (Å²) in [4.78, 5) is 13.5. The fourth-order valence-electron chi connectivity index (χ4n) is 1.44. The van der Waals surface area contributed by atoms with Crippen molar-refractivity contribution in [3.63, 3.8) is 0 Å². The SMILES string of the molecule is Cc1ccnc(-c2sc(N=C(N)N)nc2C)c1. The van der Waals surface area contributed by atoms with Crippen LogP contribution in [0, 0.1) is 13.8 Å². The van der Waals surface area contributed by atoms with Gasteiger partial charge in [0.1, 0.15) is 0 Å². The Kier molecular flexibility index (Phi) is 3.06. The van der Waals surface area contributed by atoms with Crippen molar-refractivity contribution in [2.75, 3.05) is 0 Å². The molecule has 0 spiro atoms. The second-order valence-electron chi connectivity index (χ2n) is 3.67. The zero-order valence-corrected chi connectivity index (χ0v) is 10.5. The van der Waals surface area contributed by atoms with Gasteiger partial charge in [-0.3, -0.25) is 4.98 Å². The van der Waals surface area contributed by atoms with Crippen LogP contribution in [0.5, 0.6) is 0 Å². The maximum absolute atomic E-state index is 5.33. The minimum Gasteiger partial charge on any atom is -0.370 e. The molecule has 0 radical (unpaired) electrons. The molecule has 5 nitrogen and oxygen atoms in total. The third-order valence-electron chi connectivity index (χ3n) is 2.16. The summed E-state index contributed by atoms with van der Waals surface area (Å²) in [7, 11) is 0. The summed E-state index contributed by atoms with van der Waals surface area (Å²) in [6.45, 7) is 3.94. The number of pyridine rings is 1. The van der Waals surface area contributed by atoms with Crippen LogP contribution in [0.2, 0.25) is 0 Å². The molecule has 4 N–H and O–H groups in total. The van der Waals surface area contributed by atoms with Crippen molar-refractivity contribution < 1.29 is 0 Å². The third-order valence-corrected chi connectivity index (χ3v) is 3.23. The molecule has 0 aliphatic heterocycles. The van der Waals surface area contributed by atoms with Gasteiger partial charge in [-0.15, -0.1) is 0 Å². The molecule has 2 heterocycles. The van der Waals surface area contributed by atoms with Crippen molar-refractivity contribution in [1.82, 2.24) is 9.97 Å². The Morgan fingerprint density at radius 1 is 1.35 bits per heavy atom. The van der Waals surface area contributed by atoms with Gasteiger partial charge in [0.25, 0.3) is 0 Å². The second kappa shape index (κ2) is 4.50. The van der Waals surface area contributed by atoms with E-state index >= 15 is 0 Å². The van der Waals surface area contributed by atoms with Gasteiger partial charge >= 0.3 is 0 Å². The fourth-order valence-corrected chi connectivity index (χ4v) is 2.36. The highest BCUT2D eigenvalue weighted by atomic mass is 32.1. The molecule has 0 unspecified atom stereocenters. The third kappa shape index (κ3) is 2.59. The van der Waals surface area contributed by atoms with E-state index in [4.69, 9.17) is 11.5 Å². The lowest BCUT2D eigenvalue weighted by Crippen LogP contribution is -2.21. The van der Waals surface area contributed by atoms with E-state index in [9.17, 15) is 0 Å². The Balaban J connectivity index is 2.46. The molecular formula is C11H13N5S. The quantitative estimate of drug-likeness (QED) is 0.624. The minimum absolute atomic E-state index is 0.0162. The van der Waals surface area contributed by atoms with Crippen LogP contribution in [0.25, 0.3) is 10.6 Å². The lowest BCUT2D eigenvalue weighted by molar-refractivity contribution is 1.22. The molecule has 2 aromatic rings. The standard InChI is InChI=1S/C11H13N5S/c1-6-3-4-14-8(5-6)9-7(2)15-11(17-9)16-10(12)13/h3-5H,1-2H3,(H4,12,13,15,16). The molecule has 17 heavy (non-hydrogen) atoms. The number of aliphatic imine (C=N–C) groups is 1. The molecule has 2 rings (SSSR count). The molecular weight excluding hydrogens is 234 g/mol. The molecule has 0 aromatic carbocycles. The molecule has 0 bridgehead atoms. The van der Waals surface area contributed by atoms with Gasteiger partial charge in [-0.1, -0.05) is 11.3 Å². The van der Waals surface area contributed by atoms with Gasteiger partial charge in [-0.25, -0.2) is 4.98 Å². The smallest absolute Gasteiger partial charge is 0.213 e. The van der Waals surface area contributed by atoms with Gasteiger partial charge in [-0.2, -0.15) is 4.99 Å². The molecule has 0 aliphatic rings. The average molecular weight is 247 g/mol. The van der Waals surface area contributed by atoms with E-state index < -0.39 is 0 Å². The minimum atomic E-state index is 0.0162. The predicted molar refractivity (Wildman–Crippen MR) is 70.3 cm³/mol. The van der Waals surface area contributed by atoms with E-state index in [0.29, 0.717) is 5.13 Å². The van der Waals surface area contributed by atoms with Crippen LogP contribution in [0.1, 0.15) is 11.3 Å². The number of hydrogen-bond donors (Lipinski definition) is 2. The van der Waals surface area contributed by atoms with Crippen molar-refractivity contribution in [2.45, 2.75) is 13.8 Å². The molecule has 88 valence electrons. The maximum Gasteiger partial charge on any atom is 0.213 e. The number of guanidine groups is 1. The Morgan fingerprint density at radius 2 is 2.12 bits per heavy atom. The van der Waals surface area contributed by atoms with Crippen LogP contribution >= 0.6 is 11.3 Å². The molecule has 2 aromatic heterocycles. The van der Waals surface area contributed by atoms with Gasteiger partial charge in [0.05, 0.1) is 16.3 Å². The number of hydrogen-bond acceptors (Lipinski definition) is 4. The van der Waals surface area contributed by atoms with Gasteiger partial charge in [0.15, 0.2) is 5.96 Å². The fraction of sp³-hybridized carbons (Fsp3) is 0.182. The highest BCUT2D eigenvalue weighted by Gasteiger charge is 2.10. The largest absolute Gasteiger partial charge is 0.370 e. The van der Waals surface area contributed by atoms with Crippen molar-refractivity contribution in [3.8, 4) is 10.6 Å². The lowest BCUT2D eigenvalue weighted by Gasteiger charge is -1.98. The topological polar surface area (TPSA) is 90.2 Å². The number of rotatable bonds is 2. The van der Waals surface area contributed by atoms with Gasteiger partial charge in [-0.05, 0) is 31.5 Å². The Hall–Kier alpha value is -1.95. The monoisotopic (exact) mass is 247 g/mol. The number of aromatic nitrogens is 2. The van der Waals surface area contributed by atoms with Gasteiger partial charge < -0.3 is 11.5 Å². The number of aryl methyl sites for hydroxylation is 2. The Labute approximate surface area is 103 Å². The lowest BCUT2D eigenvalue weighted by atomic mass is 10.2. The number of nitrogens with zero attached hydrogens (tertiary/aromatic N) is 3. The van der Waals surface area contributed by atoms with E-state index in [1.165, 1.54) is 11.3 Å². The predicted octanol–water partition coefficient (Wildman–Crippen LogP) is 1.73. The summed E-state index contributed by atoms with van der Waals surface area (Å²) in [5, 5.41) is 0.556. The van der Waals surface area contributed by atoms with E-state index in [1.807, 2.05) is 26.0 Å². The normalized spacial score (nSPS) is 10.2. The molecule has 0 saturated carbocycles. The van der Waals surface area contributed by atoms with Crippen molar-refractivity contribution in [1.29, 1.82) is 0 Å². The molecule has 0 saturated heterocycles. The number of thiazole rings is 1. The van der Waals surface area contributed by atoms with E-state index in [-0.39, 0.29) is 5.96 Å². The zero-order valence-electron chi connectivity index (χ0n) is 9.64. The summed E-state index contributed by atoms with van der Waals surface area (Å²) >= 11 is 1.43. The number of nitrogens with two attached hydrogens (primary N) is 2. The maximum atomic E-state index is 5.33. The van der Waals surface area contributed by atoms with E-state index in [1.54, 1.807) is 6.20 Å². The van der Waals surface area contributed by atoms with Gasteiger partial charge in [0.2, 0.25) is 5.13 Å². The summed E-state index contributed by atoms with van der Waals surface area (Å²) in [6.07, 6.45) is 1.78. The first kappa shape index (κ1) is 11.5. The highest BCUT2D eigenvalue weighted by molar-refractivity contribution is 7.18. The summed E-state index contributed by atoms with van der Waals surface area (Å²) in [6, 6.07) is 3.97. The van der Waals surface area contributed by atoms with Crippen LogP contribution < -0.4 is 11.5 Å². The molecule has 0 amide bonds. The van der Waals surface area contributed by atoms with E-state index in [2.05, 4.69) is 15.0 Å². The van der Waals surface area contributed by atoms with Crippen LogP contribution in [-0.4, -0.2) is 15.9 Å². The van der Waals surface area contributed by atoms with Crippen LogP contribution in [-0.2, 0) is 0 Å². The van der Waals surface area contributed by atoms with Crippen LogP contribution in [0.4, 0.5) is 5.13 Å². The zero-order chi connectivity index (χ0) is 12.4. The first-order valence-corrected chi connectivity index (χ1v) is 5.88. The van der Waals surface area contributed by atoms with Crippen LogP contribution in [0.3, 0.4) is 0 Å². The van der Waals surface area contributed by atoms with Gasteiger partial charge in [0, 0.05) is 6.20 Å². The summed E-state index contributed by atoms with van der Waals surface area (Å²) in [5.41, 5.74) is 13.6. The summed E-state index contributed by atoms with van der Waals surface area (Å²) < 4.78 is 0. The Bertz CT molecular complexity index is 569. The first-order chi connectivity index (χ1) is 8.06. The average Bonchev–Trinajstić information content (AvgIpc) is 2.58. The van der Waals surface area contributed by atoms with E-state index in [0.717, 1.165) is 21.8 Å². The van der Waals surface area contributed by atoms with Crippen molar-refractivity contribution >= 4 is 22.4 Å². The van der Waals surface area contributed by atoms with Crippen LogP contribution in [0.15, 0.2) is 23.3 Å². The molecule has 6 heteroatoms.